The van der Waals surface area contributed by atoms with E-state index in [0.29, 0.717) is 0 Å². The zero-order chi connectivity index (χ0) is 13.1. The Morgan fingerprint density at radius 1 is 0.895 bits per heavy atom. The predicted octanol–water partition coefficient (Wildman–Crippen LogP) is 3.56. The monoisotopic (exact) mass is 264 g/mol. The van der Waals surface area contributed by atoms with Gasteiger partial charge in [-0.2, -0.15) is 0 Å². The molecule has 1 saturated carbocycles. The van der Waals surface area contributed by atoms with Crippen molar-refractivity contribution in [3.8, 4) is 0 Å². The van der Waals surface area contributed by atoms with Crippen LogP contribution in [0.1, 0.15) is 70.6 Å². The van der Waals surface area contributed by atoms with Crippen LogP contribution >= 0.6 is 0 Å². The van der Waals surface area contributed by atoms with E-state index in [2.05, 4.69) is 17.3 Å². The molecule has 3 fully saturated rings. The van der Waals surface area contributed by atoms with Crippen LogP contribution < -0.4 is 5.32 Å². The minimum atomic E-state index is 0.868. The van der Waals surface area contributed by atoms with Gasteiger partial charge < -0.3 is 10.2 Å². The third-order valence-corrected chi connectivity index (χ3v) is 5.91. The van der Waals surface area contributed by atoms with Gasteiger partial charge in [-0.1, -0.05) is 25.7 Å². The molecule has 3 aliphatic rings. The molecule has 0 aromatic heterocycles. The molecule has 2 aliphatic heterocycles. The molecule has 0 aromatic rings. The minimum absolute atomic E-state index is 0.868. The highest BCUT2D eigenvalue weighted by atomic mass is 15.1. The highest BCUT2D eigenvalue weighted by Crippen LogP contribution is 2.33. The standard InChI is InChI=1S/C17H32N2/c1-19(17-6-4-2-3-5-7-17)11-10-14-12-15-8-9-16(13-14)18-15/h14-18H,2-13H2,1H3. The van der Waals surface area contributed by atoms with Crippen LogP contribution in [-0.4, -0.2) is 36.6 Å². The lowest BCUT2D eigenvalue weighted by Crippen LogP contribution is -2.39. The molecule has 110 valence electrons. The molecule has 2 atom stereocenters. The number of nitrogens with zero attached hydrogens (tertiary/aromatic N) is 1. The second-order valence-corrected chi connectivity index (χ2v) is 7.39. The molecule has 2 unspecified atom stereocenters. The summed E-state index contributed by atoms with van der Waals surface area (Å²) in [6.45, 7) is 1.34. The lowest BCUT2D eigenvalue weighted by atomic mass is 9.89. The fraction of sp³-hybridized carbons (Fsp3) is 1.00. The molecule has 2 saturated heterocycles. The summed E-state index contributed by atoms with van der Waals surface area (Å²) in [5.41, 5.74) is 0. The Kier molecular flexibility index (Phi) is 4.81. The van der Waals surface area contributed by atoms with Crippen molar-refractivity contribution in [3.05, 3.63) is 0 Å². The molecule has 1 N–H and O–H groups in total. The molecule has 0 spiro atoms. The van der Waals surface area contributed by atoms with Crippen LogP contribution in [0.25, 0.3) is 0 Å². The molecule has 2 bridgehead atoms. The smallest absolute Gasteiger partial charge is 0.00922 e. The second kappa shape index (κ2) is 6.58. The highest BCUT2D eigenvalue weighted by molar-refractivity contribution is 4.92. The molecule has 0 amide bonds. The number of hydrogen-bond acceptors (Lipinski definition) is 2. The zero-order valence-corrected chi connectivity index (χ0v) is 12.7. The summed E-state index contributed by atoms with van der Waals surface area (Å²) < 4.78 is 0. The molecule has 2 heterocycles. The number of rotatable bonds is 4. The van der Waals surface area contributed by atoms with Gasteiger partial charge in [0.2, 0.25) is 0 Å². The van der Waals surface area contributed by atoms with Crippen LogP contribution in [0.5, 0.6) is 0 Å². The van der Waals surface area contributed by atoms with E-state index in [-0.39, 0.29) is 0 Å². The van der Waals surface area contributed by atoms with Crippen LogP contribution in [0.15, 0.2) is 0 Å². The number of fused-ring (bicyclic) bond motifs is 2. The van der Waals surface area contributed by atoms with Crippen molar-refractivity contribution < 1.29 is 0 Å². The largest absolute Gasteiger partial charge is 0.311 e. The normalized spacial score (nSPS) is 36.6. The Morgan fingerprint density at radius 3 is 2.16 bits per heavy atom. The second-order valence-electron chi connectivity index (χ2n) is 7.39. The van der Waals surface area contributed by atoms with E-state index in [0.717, 1.165) is 24.0 Å². The van der Waals surface area contributed by atoms with Gasteiger partial charge in [0.05, 0.1) is 0 Å². The van der Waals surface area contributed by atoms with Crippen LogP contribution in [0.3, 0.4) is 0 Å². The minimum Gasteiger partial charge on any atom is -0.311 e. The maximum absolute atomic E-state index is 3.77. The SMILES string of the molecule is CN(CCC1CC2CCC(C1)N2)C1CCCCCC1. The molecule has 19 heavy (non-hydrogen) atoms. The highest BCUT2D eigenvalue weighted by Gasteiger charge is 2.33. The summed E-state index contributed by atoms with van der Waals surface area (Å²) >= 11 is 0. The predicted molar refractivity (Wildman–Crippen MR) is 81.4 cm³/mol. The first-order valence-electron chi connectivity index (χ1n) is 8.77. The van der Waals surface area contributed by atoms with Gasteiger partial charge >= 0.3 is 0 Å². The third-order valence-electron chi connectivity index (χ3n) is 5.91. The van der Waals surface area contributed by atoms with Crippen molar-refractivity contribution in [2.24, 2.45) is 5.92 Å². The molecule has 0 aromatic carbocycles. The van der Waals surface area contributed by atoms with Gasteiger partial charge in [0, 0.05) is 18.1 Å². The van der Waals surface area contributed by atoms with Crippen LogP contribution in [0.4, 0.5) is 0 Å². The number of hydrogen-bond donors (Lipinski definition) is 1. The molecular formula is C17H32N2. The third kappa shape index (κ3) is 3.72. The van der Waals surface area contributed by atoms with Gasteiger partial charge in [0.25, 0.3) is 0 Å². The fourth-order valence-corrected chi connectivity index (χ4v) is 4.68. The summed E-state index contributed by atoms with van der Waals surface area (Å²) in [6, 6.07) is 2.62. The van der Waals surface area contributed by atoms with Crippen molar-refractivity contribution in [3.63, 3.8) is 0 Å². The van der Waals surface area contributed by atoms with Crippen molar-refractivity contribution >= 4 is 0 Å². The maximum Gasteiger partial charge on any atom is 0.00922 e. The first-order valence-corrected chi connectivity index (χ1v) is 8.77. The first kappa shape index (κ1) is 13.9. The maximum atomic E-state index is 3.77. The zero-order valence-electron chi connectivity index (χ0n) is 12.7. The Bertz CT molecular complexity index is 258. The summed E-state index contributed by atoms with van der Waals surface area (Å²) in [4.78, 5) is 2.69. The molecule has 0 radical (unpaired) electrons. The van der Waals surface area contributed by atoms with Crippen molar-refractivity contribution in [2.45, 2.75) is 88.8 Å². The van der Waals surface area contributed by atoms with E-state index in [4.69, 9.17) is 0 Å². The summed E-state index contributed by atoms with van der Waals surface area (Å²) in [6.07, 6.45) is 16.0. The average molecular weight is 264 g/mol. The lowest BCUT2D eigenvalue weighted by molar-refractivity contribution is 0.188. The molecule has 3 rings (SSSR count). The van der Waals surface area contributed by atoms with E-state index in [1.807, 2.05) is 0 Å². The van der Waals surface area contributed by atoms with Crippen molar-refractivity contribution in [2.75, 3.05) is 13.6 Å². The van der Waals surface area contributed by atoms with E-state index in [9.17, 15) is 0 Å². The van der Waals surface area contributed by atoms with Crippen LogP contribution in [0, 0.1) is 5.92 Å². The van der Waals surface area contributed by atoms with Crippen LogP contribution in [-0.2, 0) is 0 Å². The Hall–Kier alpha value is -0.0800. The lowest BCUT2D eigenvalue weighted by Gasteiger charge is -2.32. The molecule has 1 aliphatic carbocycles. The first-order chi connectivity index (χ1) is 9.31. The van der Waals surface area contributed by atoms with E-state index >= 15 is 0 Å². The summed E-state index contributed by atoms with van der Waals surface area (Å²) in [7, 11) is 2.38. The van der Waals surface area contributed by atoms with Gasteiger partial charge in [-0.25, -0.2) is 0 Å². The van der Waals surface area contributed by atoms with Gasteiger partial charge in [-0.3, -0.25) is 0 Å². The molecular weight excluding hydrogens is 232 g/mol. The number of piperidine rings is 1. The van der Waals surface area contributed by atoms with Crippen molar-refractivity contribution in [1.82, 2.24) is 10.2 Å². The van der Waals surface area contributed by atoms with E-state index in [1.54, 1.807) is 0 Å². The van der Waals surface area contributed by atoms with E-state index in [1.165, 1.54) is 77.2 Å². The Morgan fingerprint density at radius 2 is 1.53 bits per heavy atom. The van der Waals surface area contributed by atoms with E-state index < -0.39 is 0 Å². The fourth-order valence-electron chi connectivity index (χ4n) is 4.68. The Labute approximate surface area is 119 Å². The molecule has 2 heteroatoms. The summed E-state index contributed by atoms with van der Waals surface area (Å²) in [5, 5.41) is 3.77. The average Bonchev–Trinajstić information content (AvgIpc) is 2.66. The van der Waals surface area contributed by atoms with Crippen LogP contribution in [0.2, 0.25) is 0 Å². The number of nitrogens with one attached hydrogen (secondary N) is 1. The Balaban J connectivity index is 1.41. The van der Waals surface area contributed by atoms with Gasteiger partial charge in [-0.05, 0) is 64.5 Å². The van der Waals surface area contributed by atoms with Crippen molar-refractivity contribution in [1.29, 1.82) is 0 Å². The summed E-state index contributed by atoms with van der Waals surface area (Å²) in [5.74, 6) is 1.01. The van der Waals surface area contributed by atoms with Gasteiger partial charge in [0.15, 0.2) is 0 Å². The molecule has 2 nitrogen and oxygen atoms in total. The quantitative estimate of drug-likeness (QED) is 0.781. The topological polar surface area (TPSA) is 15.3 Å². The van der Waals surface area contributed by atoms with Gasteiger partial charge in [-0.15, -0.1) is 0 Å². The van der Waals surface area contributed by atoms with Gasteiger partial charge in [0.1, 0.15) is 0 Å².